The normalized spacial score (nSPS) is 25.2. The van der Waals surface area contributed by atoms with Gasteiger partial charge < -0.3 is 15.2 Å². The van der Waals surface area contributed by atoms with E-state index in [2.05, 4.69) is 10.4 Å². The average molecular weight is 327 g/mol. The molecule has 1 aromatic heterocycles. The molecule has 2 atom stereocenters. The summed E-state index contributed by atoms with van der Waals surface area (Å²) in [4.78, 5) is 12.5. The van der Waals surface area contributed by atoms with Gasteiger partial charge in [-0.25, -0.2) is 4.68 Å². The summed E-state index contributed by atoms with van der Waals surface area (Å²) in [5, 5.41) is 17.5. The molecule has 1 saturated carbocycles. The van der Waals surface area contributed by atoms with Gasteiger partial charge in [0.15, 0.2) is 0 Å². The fourth-order valence-electron chi connectivity index (χ4n) is 3.83. The molecular formula is C18H21N3O3. The number of aliphatic hydroxyl groups excluding tert-OH is 1. The zero-order valence-electron chi connectivity index (χ0n) is 13.4. The number of carbonyl (C=O) groups excluding carboxylic acids is 1. The second-order valence-corrected chi connectivity index (χ2v) is 6.62. The molecule has 6 heteroatoms. The molecule has 2 aromatic rings. The third-order valence-corrected chi connectivity index (χ3v) is 5.44. The van der Waals surface area contributed by atoms with E-state index >= 15 is 0 Å². The topological polar surface area (TPSA) is 76.4 Å². The first kappa shape index (κ1) is 15.4. The van der Waals surface area contributed by atoms with E-state index in [0.29, 0.717) is 25.2 Å². The van der Waals surface area contributed by atoms with E-state index in [1.807, 2.05) is 24.4 Å². The zero-order valence-corrected chi connectivity index (χ0v) is 13.4. The highest BCUT2D eigenvalue weighted by Crippen LogP contribution is 2.49. The van der Waals surface area contributed by atoms with Gasteiger partial charge in [-0.3, -0.25) is 4.79 Å². The molecule has 1 amide bonds. The summed E-state index contributed by atoms with van der Waals surface area (Å²) in [6, 6.07) is 9.24. The van der Waals surface area contributed by atoms with Gasteiger partial charge in [-0.2, -0.15) is 5.10 Å². The van der Waals surface area contributed by atoms with Crippen LogP contribution < -0.4 is 5.32 Å². The number of nitrogens with one attached hydrogen (secondary N) is 1. The van der Waals surface area contributed by atoms with E-state index in [4.69, 9.17) is 4.74 Å². The molecule has 24 heavy (non-hydrogen) atoms. The quantitative estimate of drug-likeness (QED) is 0.896. The highest BCUT2D eigenvalue weighted by Gasteiger charge is 2.55. The van der Waals surface area contributed by atoms with Gasteiger partial charge in [0.25, 0.3) is 5.91 Å². The van der Waals surface area contributed by atoms with Crippen LogP contribution in [-0.4, -0.2) is 46.2 Å². The van der Waals surface area contributed by atoms with E-state index in [1.54, 1.807) is 23.0 Å². The lowest BCUT2D eigenvalue weighted by Crippen LogP contribution is -2.65. The lowest BCUT2D eigenvalue weighted by molar-refractivity contribution is -0.145. The van der Waals surface area contributed by atoms with E-state index in [9.17, 15) is 9.90 Å². The zero-order chi connectivity index (χ0) is 16.6. The molecule has 2 heterocycles. The summed E-state index contributed by atoms with van der Waals surface area (Å²) in [7, 11) is 0. The minimum atomic E-state index is -0.339. The third kappa shape index (κ3) is 2.52. The van der Waals surface area contributed by atoms with Gasteiger partial charge in [0.2, 0.25) is 0 Å². The Labute approximate surface area is 140 Å². The monoisotopic (exact) mass is 327 g/mol. The fourth-order valence-corrected chi connectivity index (χ4v) is 3.83. The Balaban J connectivity index is 1.45. The summed E-state index contributed by atoms with van der Waals surface area (Å²) in [5.41, 5.74) is 1.33. The summed E-state index contributed by atoms with van der Waals surface area (Å²) < 4.78 is 7.15. The number of ether oxygens (including phenoxy) is 1. The second kappa shape index (κ2) is 6.03. The van der Waals surface area contributed by atoms with Crippen LogP contribution in [0.4, 0.5) is 0 Å². The highest BCUT2D eigenvalue weighted by atomic mass is 16.5. The van der Waals surface area contributed by atoms with Crippen molar-refractivity contribution in [2.24, 2.45) is 5.41 Å². The number of aromatic nitrogens is 2. The second-order valence-electron chi connectivity index (χ2n) is 6.62. The number of nitrogens with zero attached hydrogens (tertiary/aromatic N) is 2. The predicted molar refractivity (Wildman–Crippen MR) is 87.9 cm³/mol. The van der Waals surface area contributed by atoms with E-state index in [-0.39, 0.29) is 23.5 Å². The Kier molecular flexibility index (Phi) is 3.86. The van der Waals surface area contributed by atoms with Crippen molar-refractivity contribution in [1.29, 1.82) is 0 Å². The minimum absolute atomic E-state index is 0.0229. The fraction of sp³-hybridized carbons (Fsp3) is 0.444. The summed E-state index contributed by atoms with van der Waals surface area (Å²) in [6.07, 6.45) is 5.47. The predicted octanol–water partition coefficient (Wildman–Crippen LogP) is 1.53. The molecule has 0 bridgehead atoms. The van der Waals surface area contributed by atoms with Crippen molar-refractivity contribution >= 4 is 5.91 Å². The summed E-state index contributed by atoms with van der Waals surface area (Å²) in [5.74, 6) is -0.0928. The SMILES string of the molecule is O=C(N[C@@H]1C[C@@H](O)C12CCOCC2)c1ccc(-n2cccn2)cc1. The van der Waals surface area contributed by atoms with Gasteiger partial charge in [0.1, 0.15) is 0 Å². The molecule has 2 aliphatic rings. The average Bonchev–Trinajstić information content (AvgIpc) is 3.17. The molecule has 1 aliphatic carbocycles. The maximum absolute atomic E-state index is 12.5. The number of carbonyl (C=O) groups is 1. The molecule has 2 fully saturated rings. The number of hydrogen-bond donors (Lipinski definition) is 2. The minimum Gasteiger partial charge on any atom is -0.392 e. The Bertz CT molecular complexity index is 706. The first-order chi connectivity index (χ1) is 11.7. The highest BCUT2D eigenvalue weighted by molar-refractivity contribution is 5.94. The largest absolute Gasteiger partial charge is 0.392 e. The maximum atomic E-state index is 12.5. The van der Waals surface area contributed by atoms with Gasteiger partial charge in [0, 0.05) is 42.6 Å². The molecule has 2 N–H and O–H groups in total. The van der Waals surface area contributed by atoms with Crippen LogP contribution in [0.5, 0.6) is 0 Å². The molecule has 1 aromatic carbocycles. The Morgan fingerprint density at radius 1 is 1.29 bits per heavy atom. The number of hydrogen-bond acceptors (Lipinski definition) is 4. The summed E-state index contributed by atoms with van der Waals surface area (Å²) >= 11 is 0. The van der Waals surface area contributed by atoms with Crippen molar-refractivity contribution in [2.45, 2.75) is 31.4 Å². The summed E-state index contributed by atoms with van der Waals surface area (Å²) in [6.45, 7) is 1.31. The molecule has 1 saturated heterocycles. The molecule has 1 aliphatic heterocycles. The Morgan fingerprint density at radius 3 is 2.67 bits per heavy atom. The maximum Gasteiger partial charge on any atom is 0.251 e. The van der Waals surface area contributed by atoms with E-state index in [0.717, 1.165) is 18.5 Å². The van der Waals surface area contributed by atoms with Crippen LogP contribution >= 0.6 is 0 Å². The van der Waals surface area contributed by atoms with E-state index < -0.39 is 0 Å². The van der Waals surface area contributed by atoms with Crippen LogP contribution in [0, 0.1) is 5.41 Å². The van der Waals surface area contributed by atoms with Crippen LogP contribution in [0.3, 0.4) is 0 Å². The molecule has 6 nitrogen and oxygen atoms in total. The lowest BCUT2D eigenvalue weighted by Gasteiger charge is -2.55. The van der Waals surface area contributed by atoms with Gasteiger partial charge in [-0.15, -0.1) is 0 Å². The number of benzene rings is 1. The van der Waals surface area contributed by atoms with Crippen LogP contribution in [0.2, 0.25) is 0 Å². The van der Waals surface area contributed by atoms with Gasteiger partial charge >= 0.3 is 0 Å². The van der Waals surface area contributed by atoms with Gasteiger partial charge in [-0.1, -0.05) is 0 Å². The Hall–Kier alpha value is -2.18. The van der Waals surface area contributed by atoms with Crippen molar-refractivity contribution in [3.63, 3.8) is 0 Å². The molecule has 0 unspecified atom stereocenters. The third-order valence-electron chi connectivity index (χ3n) is 5.44. The number of aliphatic hydroxyl groups is 1. The van der Waals surface area contributed by atoms with Crippen molar-refractivity contribution in [3.05, 3.63) is 48.3 Å². The van der Waals surface area contributed by atoms with Gasteiger partial charge in [0.05, 0.1) is 11.8 Å². The van der Waals surface area contributed by atoms with Crippen LogP contribution in [0.25, 0.3) is 5.69 Å². The van der Waals surface area contributed by atoms with E-state index in [1.165, 1.54) is 0 Å². The Morgan fingerprint density at radius 2 is 2.04 bits per heavy atom. The molecule has 126 valence electrons. The first-order valence-electron chi connectivity index (χ1n) is 8.36. The van der Waals surface area contributed by atoms with Crippen LogP contribution in [0.1, 0.15) is 29.6 Å². The van der Waals surface area contributed by atoms with Crippen LogP contribution in [-0.2, 0) is 4.74 Å². The molecule has 1 spiro atoms. The molecule has 0 radical (unpaired) electrons. The lowest BCUT2D eigenvalue weighted by atomic mass is 9.58. The number of amides is 1. The first-order valence-corrected chi connectivity index (χ1v) is 8.36. The molecular weight excluding hydrogens is 306 g/mol. The van der Waals surface area contributed by atoms with Crippen molar-refractivity contribution in [1.82, 2.24) is 15.1 Å². The number of rotatable bonds is 3. The van der Waals surface area contributed by atoms with Crippen molar-refractivity contribution in [2.75, 3.05) is 13.2 Å². The smallest absolute Gasteiger partial charge is 0.251 e. The van der Waals surface area contributed by atoms with Crippen LogP contribution in [0.15, 0.2) is 42.7 Å². The molecule has 4 rings (SSSR count). The van der Waals surface area contributed by atoms with Crippen molar-refractivity contribution < 1.29 is 14.6 Å². The van der Waals surface area contributed by atoms with Crippen molar-refractivity contribution in [3.8, 4) is 5.69 Å². The standard InChI is InChI=1S/C18H21N3O3/c22-16-12-15(18(16)6-10-24-11-7-18)20-17(23)13-2-4-14(5-3-13)21-9-1-8-19-21/h1-5,8-9,15-16,22H,6-7,10-12H2,(H,20,23)/t15-,16-/m1/s1. The van der Waals surface area contributed by atoms with Gasteiger partial charge in [-0.05, 0) is 49.6 Å².